The Balaban J connectivity index is 2.01. The van der Waals surface area contributed by atoms with E-state index in [0.717, 1.165) is 34.9 Å². The number of ketones is 1. The predicted molar refractivity (Wildman–Crippen MR) is 89.5 cm³/mol. The fourth-order valence-corrected chi connectivity index (χ4v) is 2.59. The van der Waals surface area contributed by atoms with Gasteiger partial charge in [-0.3, -0.25) is 4.79 Å². The van der Waals surface area contributed by atoms with Crippen LogP contribution in [0.25, 0.3) is 10.8 Å². The maximum Gasteiger partial charge on any atom is 0.161 e. The largest absolute Gasteiger partial charge is 0.297 e. The summed E-state index contributed by atoms with van der Waals surface area (Å²) < 4.78 is 0. The van der Waals surface area contributed by atoms with Crippen molar-refractivity contribution < 1.29 is 4.79 Å². The molecule has 1 heterocycles. The van der Waals surface area contributed by atoms with Crippen molar-refractivity contribution >= 4 is 22.3 Å². The van der Waals surface area contributed by atoms with Crippen LogP contribution < -0.4 is 0 Å². The molecule has 2 aromatic rings. The third-order valence-corrected chi connectivity index (χ3v) is 3.62. The molecule has 2 aromatic carbocycles. The summed E-state index contributed by atoms with van der Waals surface area (Å²) in [6.07, 6.45) is 2.21. The molecule has 0 aliphatic carbocycles. The molecule has 3 nitrogen and oxygen atoms in total. The Hall–Kier alpha value is -2.60. The fraction of sp³-hybridized carbons (Fsp3) is 0.263. The van der Waals surface area contributed by atoms with Crippen LogP contribution in [0.3, 0.4) is 0 Å². The van der Waals surface area contributed by atoms with E-state index in [1.54, 1.807) is 5.01 Å². The summed E-state index contributed by atoms with van der Waals surface area (Å²) in [5.74, 6) is 3.21. The molecule has 0 atom stereocenters. The highest BCUT2D eigenvalue weighted by atomic mass is 16.1. The molecule has 0 amide bonds. The van der Waals surface area contributed by atoms with Gasteiger partial charge in [0.05, 0.1) is 12.1 Å². The van der Waals surface area contributed by atoms with E-state index < -0.39 is 0 Å². The van der Waals surface area contributed by atoms with Gasteiger partial charge in [-0.1, -0.05) is 55.3 Å². The summed E-state index contributed by atoms with van der Waals surface area (Å²) in [5.41, 5.74) is 1.83. The smallest absolute Gasteiger partial charge is 0.161 e. The van der Waals surface area contributed by atoms with Crippen molar-refractivity contribution in [1.82, 2.24) is 5.01 Å². The Bertz CT molecular complexity index is 790. The second-order valence-corrected chi connectivity index (χ2v) is 5.39. The van der Waals surface area contributed by atoms with Crippen LogP contribution in [0.1, 0.15) is 31.7 Å². The van der Waals surface area contributed by atoms with Gasteiger partial charge in [0.25, 0.3) is 0 Å². The van der Waals surface area contributed by atoms with E-state index in [1.165, 1.54) is 0 Å². The van der Waals surface area contributed by atoms with E-state index in [0.29, 0.717) is 6.42 Å². The number of rotatable bonds is 2. The zero-order valence-corrected chi connectivity index (χ0v) is 12.7. The zero-order chi connectivity index (χ0) is 15.4. The number of carbonyl (C=O) groups excluding carboxylic acids is 1. The molecule has 0 radical (unpaired) electrons. The van der Waals surface area contributed by atoms with Gasteiger partial charge in [0.1, 0.15) is 6.54 Å². The number of hydrogen-bond donors (Lipinski definition) is 0. The first-order valence-electron chi connectivity index (χ1n) is 7.61. The highest BCUT2D eigenvalue weighted by molar-refractivity contribution is 6.18. The average molecular weight is 290 g/mol. The minimum Gasteiger partial charge on any atom is -0.297 e. The van der Waals surface area contributed by atoms with E-state index in [2.05, 4.69) is 42.2 Å². The first-order valence-corrected chi connectivity index (χ1v) is 7.61. The van der Waals surface area contributed by atoms with Crippen molar-refractivity contribution in [3.8, 4) is 12.0 Å². The minimum atomic E-state index is 0.156. The third kappa shape index (κ3) is 3.01. The number of fused-ring (bicyclic) bond motifs is 1. The van der Waals surface area contributed by atoms with Gasteiger partial charge in [0, 0.05) is 18.0 Å². The maximum absolute atomic E-state index is 12.0. The van der Waals surface area contributed by atoms with E-state index in [-0.39, 0.29) is 12.3 Å². The molecule has 0 saturated carbocycles. The molecule has 3 rings (SSSR count). The first kappa shape index (κ1) is 14.3. The molecule has 0 N–H and O–H groups in total. The van der Waals surface area contributed by atoms with E-state index in [9.17, 15) is 4.79 Å². The van der Waals surface area contributed by atoms with Crippen molar-refractivity contribution in [3.63, 3.8) is 0 Å². The maximum atomic E-state index is 12.0. The van der Waals surface area contributed by atoms with E-state index >= 15 is 0 Å². The molecule has 0 bridgehead atoms. The van der Waals surface area contributed by atoms with Gasteiger partial charge in [-0.2, -0.15) is 5.10 Å². The molecule has 1 aliphatic heterocycles. The van der Waals surface area contributed by atoms with Crippen LogP contribution >= 0.6 is 0 Å². The number of nitrogens with zero attached hydrogens (tertiary/aromatic N) is 2. The van der Waals surface area contributed by atoms with E-state index in [4.69, 9.17) is 0 Å². The van der Waals surface area contributed by atoms with E-state index in [1.807, 2.05) is 24.3 Å². The summed E-state index contributed by atoms with van der Waals surface area (Å²) in [6, 6.07) is 17.2. The number of hydrazone groups is 1. The van der Waals surface area contributed by atoms with Crippen LogP contribution in [-0.2, 0) is 4.79 Å². The van der Waals surface area contributed by atoms with Gasteiger partial charge in [0.2, 0.25) is 0 Å². The molecule has 22 heavy (non-hydrogen) atoms. The Kier molecular flexibility index (Phi) is 4.20. The quantitative estimate of drug-likeness (QED) is 0.792. The lowest BCUT2D eigenvalue weighted by Crippen LogP contribution is -2.30. The lowest BCUT2D eigenvalue weighted by molar-refractivity contribution is -0.118. The standard InChI is InChI=1S/C19H18N2O/c1-2-3-6-12-21-14-16(22)13-19(20-21)18-11-7-9-15-8-4-5-10-17(15)18/h4-5,7-11H,2-3,13-14H2,1H3. The third-order valence-electron chi connectivity index (χ3n) is 3.62. The van der Waals surface area contributed by atoms with Crippen LogP contribution in [0, 0.1) is 12.0 Å². The summed E-state index contributed by atoms with van der Waals surface area (Å²) >= 11 is 0. The molecule has 0 aromatic heterocycles. The van der Waals surface area contributed by atoms with Crippen LogP contribution in [0.5, 0.6) is 0 Å². The van der Waals surface area contributed by atoms with Gasteiger partial charge in [-0.15, -0.1) is 0 Å². The van der Waals surface area contributed by atoms with Crippen molar-refractivity contribution in [2.24, 2.45) is 5.10 Å². The van der Waals surface area contributed by atoms with Gasteiger partial charge < -0.3 is 0 Å². The number of Topliss-reactive ketones (excluding diaryl/α,β-unsaturated/α-hetero) is 1. The lowest BCUT2D eigenvalue weighted by Gasteiger charge is -2.20. The van der Waals surface area contributed by atoms with Gasteiger partial charge in [0.15, 0.2) is 5.78 Å². The minimum absolute atomic E-state index is 0.156. The summed E-state index contributed by atoms with van der Waals surface area (Å²) in [5, 5.41) is 8.44. The van der Waals surface area contributed by atoms with Crippen LogP contribution in [0.4, 0.5) is 0 Å². The molecule has 0 spiro atoms. The predicted octanol–water partition coefficient (Wildman–Crippen LogP) is 3.58. The van der Waals surface area contributed by atoms with Crippen LogP contribution in [0.15, 0.2) is 47.6 Å². The number of carbonyl (C=O) groups is 1. The number of hydrogen-bond acceptors (Lipinski definition) is 3. The topological polar surface area (TPSA) is 32.7 Å². The second-order valence-electron chi connectivity index (χ2n) is 5.39. The van der Waals surface area contributed by atoms with Crippen LogP contribution in [-0.4, -0.2) is 23.0 Å². The Morgan fingerprint density at radius 3 is 2.86 bits per heavy atom. The summed E-state index contributed by atoms with van der Waals surface area (Å²) in [4.78, 5) is 12.0. The SMILES string of the molecule is CCCC#CN1CC(=O)CC(c2cccc3ccccc23)=N1. The Morgan fingerprint density at radius 1 is 1.18 bits per heavy atom. The zero-order valence-electron chi connectivity index (χ0n) is 12.7. The van der Waals surface area contributed by atoms with Crippen LogP contribution in [0.2, 0.25) is 0 Å². The molecule has 3 heteroatoms. The summed E-state index contributed by atoms with van der Waals surface area (Å²) in [6.45, 7) is 2.37. The van der Waals surface area contributed by atoms with Crippen molar-refractivity contribution in [2.45, 2.75) is 26.2 Å². The lowest BCUT2D eigenvalue weighted by atomic mass is 9.97. The van der Waals surface area contributed by atoms with Crippen molar-refractivity contribution in [2.75, 3.05) is 6.54 Å². The molecule has 0 fully saturated rings. The van der Waals surface area contributed by atoms with Crippen molar-refractivity contribution in [3.05, 3.63) is 48.0 Å². The highest BCUT2D eigenvalue weighted by Crippen LogP contribution is 2.22. The normalized spacial score (nSPS) is 14.5. The number of unbranched alkanes of at least 4 members (excludes halogenated alkanes) is 1. The second kappa shape index (κ2) is 6.44. The molecular weight excluding hydrogens is 272 g/mol. The van der Waals surface area contributed by atoms with Gasteiger partial charge in [-0.25, -0.2) is 5.01 Å². The van der Waals surface area contributed by atoms with Gasteiger partial charge >= 0.3 is 0 Å². The van der Waals surface area contributed by atoms with Crippen molar-refractivity contribution in [1.29, 1.82) is 0 Å². The highest BCUT2D eigenvalue weighted by Gasteiger charge is 2.20. The molecular formula is C19H18N2O. The molecule has 0 saturated heterocycles. The first-order chi connectivity index (χ1) is 10.8. The molecule has 110 valence electrons. The average Bonchev–Trinajstić information content (AvgIpc) is 2.54. The Labute approximate surface area is 130 Å². The molecule has 0 unspecified atom stereocenters. The fourth-order valence-electron chi connectivity index (χ4n) is 2.59. The summed E-state index contributed by atoms with van der Waals surface area (Å²) in [7, 11) is 0. The monoisotopic (exact) mass is 290 g/mol. The Morgan fingerprint density at radius 2 is 2.00 bits per heavy atom. The molecule has 1 aliphatic rings. The van der Waals surface area contributed by atoms with Gasteiger partial charge in [-0.05, 0) is 17.2 Å². The number of benzene rings is 2.